The molecule has 0 aliphatic heterocycles. The van der Waals surface area contributed by atoms with Crippen LogP contribution in [0.15, 0.2) is 34.3 Å². The van der Waals surface area contributed by atoms with Gasteiger partial charge in [-0.3, -0.25) is 9.18 Å². The number of thioether (sulfide) groups is 1. The number of hydrogen-bond donors (Lipinski definition) is 1. The quantitative estimate of drug-likeness (QED) is 0.345. The van der Waals surface area contributed by atoms with Gasteiger partial charge in [-0.2, -0.15) is 0 Å². The van der Waals surface area contributed by atoms with Gasteiger partial charge in [-0.1, -0.05) is 17.2 Å². The highest BCUT2D eigenvalue weighted by Crippen LogP contribution is 2.26. The van der Waals surface area contributed by atoms with Crippen molar-refractivity contribution in [1.82, 2.24) is 0 Å². The number of nitrogens with two attached hydrogens (primary N) is 1. The fourth-order valence-corrected chi connectivity index (χ4v) is 2.30. The lowest BCUT2D eigenvalue weighted by Gasteiger charge is -2.20. The maximum absolute atomic E-state index is 12.9. The molecule has 0 spiro atoms. The molecule has 0 bridgehead atoms. The summed E-state index contributed by atoms with van der Waals surface area (Å²) >= 11 is 1.31. The molecule has 2 N–H and O–H groups in total. The van der Waals surface area contributed by atoms with Crippen molar-refractivity contribution in [3.05, 3.63) is 40.3 Å². The molecule has 6 nitrogen and oxygen atoms in total. The van der Waals surface area contributed by atoms with E-state index in [1.54, 1.807) is 24.3 Å². The van der Waals surface area contributed by atoms with Crippen LogP contribution >= 0.6 is 11.8 Å². The van der Waals surface area contributed by atoms with Gasteiger partial charge in [0.05, 0.1) is 17.9 Å². The molecule has 0 radical (unpaired) electrons. The number of rotatable bonds is 8. The van der Waals surface area contributed by atoms with E-state index in [0.717, 1.165) is 4.90 Å². The maximum Gasteiger partial charge on any atom is 0.227 e. The van der Waals surface area contributed by atoms with E-state index in [0.29, 0.717) is 5.56 Å². The van der Waals surface area contributed by atoms with Crippen LogP contribution in [0, 0.1) is 0 Å². The van der Waals surface area contributed by atoms with Crippen molar-refractivity contribution in [3.63, 3.8) is 0 Å². The fourth-order valence-electron chi connectivity index (χ4n) is 1.66. The third-order valence-electron chi connectivity index (χ3n) is 2.55. The van der Waals surface area contributed by atoms with Crippen molar-refractivity contribution in [2.75, 3.05) is 19.5 Å². The largest absolute Gasteiger partial charge is 0.376 e. The molecule has 108 valence electrons. The zero-order valence-corrected chi connectivity index (χ0v) is 11.7. The summed E-state index contributed by atoms with van der Waals surface area (Å²) in [5.41, 5.74) is 14.2. The molecule has 2 atom stereocenters. The molecule has 0 aliphatic rings. The van der Waals surface area contributed by atoms with E-state index in [-0.39, 0.29) is 5.75 Å². The van der Waals surface area contributed by atoms with Crippen LogP contribution in [0.2, 0.25) is 0 Å². The number of methoxy groups -OCH3 is 1. The van der Waals surface area contributed by atoms with Crippen LogP contribution in [-0.2, 0) is 9.53 Å². The summed E-state index contributed by atoms with van der Waals surface area (Å²) in [5.74, 6) is -0.200. The molecule has 1 aromatic rings. The number of azide groups is 1. The van der Waals surface area contributed by atoms with E-state index >= 15 is 0 Å². The third kappa shape index (κ3) is 4.73. The van der Waals surface area contributed by atoms with Crippen LogP contribution in [0.4, 0.5) is 4.39 Å². The Morgan fingerprint density at radius 3 is 2.65 bits per heavy atom. The van der Waals surface area contributed by atoms with Gasteiger partial charge in [0.15, 0.2) is 0 Å². The van der Waals surface area contributed by atoms with Crippen LogP contribution in [-0.4, -0.2) is 31.5 Å². The summed E-state index contributed by atoms with van der Waals surface area (Å²) in [6, 6.07) is 6.13. The van der Waals surface area contributed by atoms with Gasteiger partial charge in [-0.05, 0) is 23.2 Å². The third-order valence-corrected chi connectivity index (χ3v) is 3.59. The molecule has 0 aliphatic carbocycles. The Morgan fingerprint density at radius 2 is 2.20 bits per heavy atom. The standard InChI is InChI=1S/C12H15FN4O2S/c1-19-12(10(6-13)16-17-15)8-2-4-9(5-3-8)20-7-11(14)18/h2-5,10,12H,6-7H2,1H3,(H2,14,18)/t10-,12-/m1/s1. The Morgan fingerprint density at radius 1 is 1.55 bits per heavy atom. The van der Waals surface area contributed by atoms with Crippen molar-refractivity contribution >= 4 is 17.7 Å². The van der Waals surface area contributed by atoms with E-state index in [1.165, 1.54) is 18.9 Å². The molecule has 1 amide bonds. The average molecular weight is 298 g/mol. The average Bonchev–Trinajstić information content (AvgIpc) is 2.46. The minimum atomic E-state index is -0.908. The molecule has 1 rings (SSSR count). The molecule has 1 aromatic carbocycles. The molecule has 0 unspecified atom stereocenters. The van der Waals surface area contributed by atoms with Crippen LogP contribution in [0.3, 0.4) is 0 Å². The Bertz CT molecular complexity index is 491. The molecule has 0 saturated carbocycles. The van der Waals surface area contributed by atoms with E-state index in [9.17, 15) is 9.18 Å². The molecular weight excluding hydrogens is 283 g/mol. The molecule has 0 heterocycles. The van der Waals surface area contributed by atoms with Crippen LogP contribution in [0.1, 0.15) is 11.7 Å². The second-order valence-electron chi connectivity index (χ2n) is 3.91. The summed E-state index contributed by atoms with van der Waals surface area (Å²) in [4.78, 5) is 14.2. The number of ether oxygens (including phenoxy) is 1. The maximum atomic E-state index is 12.9. The zero-order chi connectivity index (χ0) is 15.0. The second-order valence-corrected chi connectivity index (χ2v) is 4.96. The normalized spacial score (nSPS) is 13.3. The number of benzene rings is 1. The minimum Gasteiger partial charge on any atom is -0.376 e. The molecule has 0 fully saturated rings. The highest BCUT2D eigenvalue weighted by Gasteiger charge is 2.22. The summed E-state index contributed by atoms with van der Waals surface area (Å²) in [5, 5.41) is 3.39. The van der Waals surface area contributed by atoms with Crippen molar-refractivity contribution in [2.45, 2.75) is 17.0 Å². The van der Waals surface area contributed by atoms with Gasteiger partial charge in [-0.15, -0.1) is 11.8 Å². The number of hydrogen-bond acceptors (Lipinski definition) is 4. The molecule has 0 saturated heterocycles. The molecule has 20 heavy (non-hydrogen) atoms. The summed E-state index contributed by atoms with van der Waals surface area (Å²) in [6.45, 7) is -0.805. The summed E-state index contributed by atoms with van der Waals surface area (Å²) in [7, 11) is 1.43. The van der Waals surface area contributed by atoms with Crippen molar-refractivity contribution < 1.29 is 13.9 Å². The van der Waals surface area contributed by atoms with Gasteiger partial charge in [0.25, 0.3) is 0 Å². The van der Waals surface area contributed by atoms with Gasteiger partial charge in [0.1, 0.15) is 6.67 Å². The van der Waals surface area contributed by atoms with Crippen LogP contribution < -0.4 is 5.73 Å². The Labute approximate surface area is 120 Å². The highest BCUT2D eigenvalue weighted by atomic mass is 32.2. The fraction of sp³-hybridized carbons (Fsp3) is 0.417. The van der Waals surface area contributed by atoms with Crippen molar-refractivity contribution in [3.8, 4) is 0 Å². The summed E-state index contributed by atoms with van der Waals surface area (Å²) in [6.07, 6.45) is -0.647. The summed E-state index contributed by atoms with van der Waals surface area (Å²) < 4.78 is 18.1. The number of nitrogens with zero attached hydrogens (tertiary/aromatic N) is 3. The second kappa shape index (κ2) is 8.42. The van der Waals surface area contributed by atoms with Gasteiger partial charge in [0, 0.05) is 16.9 Å². The Hall–Kier alpha value is -1.76. The zero-order valence-electron chi connectivity index (χ0n) is 10.9. The lowest BCUT2D eigenvalue weighted by molar-refractivity contribution is -0.115. The van der Waals surface area contributed by atoms with Gasteiger partial charge in [0.2, 0.25) is 5.91 Å². The number of halogens is 1. The lowest BCUT2D eigenvalue weighted by atomic mass is 10.0. The van der Waals surface area contributed by atoms with Crippen molar-refractivity contribution in [2.24, 2.45) is 10.8 Å². The van der Waals surface area contributed by atoms with Crippen molar-refractivity contribution in [1.29, 1.82) is 0 Å². The molecular formula is C12H15FN4O2S. The Kier molecular flexibility index (Phi) is 6.86. The number of carbonyl (C=O) groups excluding carboxylic acids is 1. The van der Waals surface area contributed by atoms with Gasteiger partial charge in [-0.25, -0.2) is 0 Å². The first-order valence-corrected chi connectivity index (χ1v) is 6.75. The van der Waals surface area contributed by atoms with Crippen LogP contribution in [0.25, 0.3) is 10.4 Å². The number of amides is 1. The smallest absolute Gasteiger partial charge is 0.227 e. The van der Waals surface area contributed by atoms with Gasteiger partial charge < -0.3 is 10.5 Å². The number of primary amides is 1. The SMILES string of the molecule is CO[C@H](c1ccc(SCC(N)=O)cc1)[C@@H](CF)N=[N+]=[N-]. The topological polar surface area (TPSA) is 101 Å². The van der Waals surface area contributed by atoms with E-state index < -0.39 is 24.7 Å². The molecule has 0 aromatic heterocycles. The predicted molar refractivity (Wildman–Crippen MR) is 75.0 cm³/mol. The lowest BCUT2D eigenvalue weighted by Crippen LogP contribution is -2.20. The minimum absolute atomic E-state index is 0.193. The first-order chi connectivity index (χ1) is 9.62. The molecule has 8 heteroatoms. The van der Waals surface area contributed by atoms with E-state index in [1.807, 2.05) is 0 Å². The first kappa shape index (κ1) is 16.3. The number of carbonyl (C=O) groups is 1. The first-order valence-electron chi connectivity index (χ1n) is 5.76. The Balaban J connectivity index is 2.83. The predicted octanol–water partition coefficient (Wildman–Crippen LogP) is 2.60. The van der Waals surface area contributed by atoms with E-state index in [2.05, 4.69) is 10.0 Å². The van der Waals surface area contributed by atoms with Crippen LogP contribution in [0.5, 0.6) is 0 Å². The highest BCUT2D eigenvalue weighted by molar-refractivity contribution is 8.00. The van der Waals surface area contributed by atoms with Gasteiger partial charge >= 0.3 is 0 Å². The van der Waals surface area contributed by atoms with E-state index in [4.69, 9.17) is 16.0 Å². The monoisotopic (exact) mass is 298 g/mol. The number of alkyl halides is 1.